The Balaban J connectivity index is 2.31. The van der Waals surface area contributed by atoms with E-state index < -0.39 is 0 Å². The Morgan fingerprint density at radius 2 is 1.89 bits per heavy atom. The smallest absolute Gasteiger partial charge is 0.340 e. The molecule has 1 aromatic heterocycles. The van der Waals surface area contributed by atoms with E-state index in [1.165, 1.54) is 0 Å². The summed E-state index contributed by atoms with van der Waals surface area (Å²) in [5.74, 6) is -0.283. The number of hydrogen-bond donors (Lipinski definition) is 1. The van der Waals surface area contributed by atoms with Crippen LogP contribution >= 0.6 is 0 Å². The summed E-state index contributed by atoms with van der Waals surface area (Å²) in [6.07, 6.45) is 0. The average molecular weight is 239 g/mol. The van der Waals surface area contributed by atoms with Crippen LogP contribution in [0.15, 0.2) is 42.5 Å². The summed E-state index contributed by atoms with van der Waals surface area (Å²) < 4.78 is 5.07. The Bertz CT molecular complexity index is 728. The van der Waals surface area contributed by atoms with Crippen molar-refractivity contribution in [3.63, 3.8) is 0 Å². The molecule has 0 amide bonds. The summed E-state index contributed by atoms with van der Waals surface area (Å²) >= 11 is 0. The number of benzene rings is 2. The lowest BCUT2D eigenvalue weighted by atomic mass is 10.1. The maximum absolute atomic E-state index is 11.9. The molecule has 18 heavy (non-hydrogen) atoms. The van der Waals surface area contributed by atoms with E-state index >= 15 is 0 Å². The minimum absolute atomic E-state index is 0.283. The largest absolute Gasteiger partial charge is 0.462 e. The van der Waals surface area contributed by atoms with Crippen molar-refractivity contribution >= 4 is 27.8 Å². The molecule has 0 unspecified atom stereocenters. The average Bonchev–Trinajstić information content (AvgIpc) is 2.77. The van der Waals surface area contributed by atoms with Gasteiger partial charge in [0, 0.05) is 16.3 Å². The van der Waals surface area contributed by atoms with Gasteiger partial charge in [0.25, 0.3) is 0 Å². The number of aromatic nitrogens is 1. The molecule has 1 N–H and O–H groups in total. The third-order valence-electron chi connectivity index (χ3n) is 3.04. The standard InChI is InChI=1S/C15H13NO2/c1-2-18-15(17)12-8-5-7-11-10-6-3-4-9-13(10)16-14(11)12/h3-9,16H,2H2,1H3. The summed E-state index contributed by atoms with van der Waals surface area (Å²) in [6.45, 7) is 2.19. The molecule has 3 aromatic rings. The van der Waals surface area contributed by atoms with Gasteiger partial charge in [0.2, 0.25) is 0 Å². The first kappa shape index (κ1) is 10.8. The van der Waals surface area contributed by atoms with Gasteiger partial charge in [-0.3, -0.25) is 0 Å². The van der Waals surface area contributed by atoms with Gasteiger partial charge in [0.05, 0.1) is 17.7 Å². The van der Waals surface area contributed by atoms with E-state index in [0.717, 1.165) is 21.8 Å². The molecule has 90 valence electrons. The van der Waals surface area contributed by atoms with Gasteiger partial charge in [0.15, 0.2) is 0 Å². The zero-order valence-electron chi connectivity index (χ0n) is 10.1. The van der Waals surface area contributed by atoms with Crippen molar-refractivity contribution < 1.29 is 9.53 Å². The number of carbonyl (C=O) groups is 1. The minimum atomic E-state index is -0.283. The predicted molar refractivity (Wildman–Crippen MR) is 71.8 cm³/mol. The molecule has 1 heterocycles. The Morgan fingerprint density at radius 1 is 1.11 bits per heavy atom. The van der Waals surface area contributed by atoms with Crippen molar-refractivity contribution in [2.45, 2.75) is 6.92 Å². The Labute approximate surface area is 104 Å². The van der Waals surface area contributed by atoms with Crippen LogP contribution in [0.25, 0.3) is 21.8 Å². The van der Waals surface area contributed by atoms with Crippen LogP contribution in [0.1, 0.15) is 17.3 Å². The van der Waals surface area contributed by atoms with Crippen molar-refractivity contribution in [3.05, 3.63) is 48.0 Å². The molecule has 0 aliphatic heterocycles. The summed E-state index contributed by atoms with van der Waals surface area (Å²) in [6, 6.07) is 13.7. The van der Waals surface area contributed by atoms with Crippen LogP contribution in [-0.4, -0.2) is 17.6 Å². The van der Waals surface area contributed by atoms with Gasteiger partial charge < -0.3 is 9.72 Å². The normalized spacial score (nSPS) is 10.9. The second kappa shape index (κ2) is 4.18. The summed E-state index contributed by atoms with van der Waals surface area (Å²) in [4.78, 5) is 15.2. The molecule has 3 nitrogen and oxygen atoms in total. The highest BCUT2D eigenvalue weighted by Crippen LogP contribution is 2.27. The molecule has 2 aromatic carbocycles. The summed E-state index contributed by atoms with van der Waals surface area (Å²) in [5.41, 5.74) is 2.46. The second-order valence-electron chi connectivity index (χ2n) is 4.12. The molecule has 0 saturated heterocycles. The third-order valence-corrected chi connectivity index (χ3v) is 3.04. The van der Waals surface area contributed by atoms with Crippen molar-refractivity contribution in [2.75, 3.05) is 6.61 Å². The van der Waals surface area contributed by atoms with E-state index in [1.807, 2.05) is 43.3 Å². The molecule has 0 spiro atoms. The molecular weight excluding hydrogens is 226 g/mol. The van der Waals surface area contributed by atoms with Crippen LogP contribution in [0, 0.1) is 0 Å². The van der Waals surface area contributed by atoms with Crippen LogP contribution in [0.5, 0.6) is 0 Å². The van der Waals surface area contributed by atoms with E-state index in [-0.39, 0.29) is 5.97 Å². The molecule has 3 rings (SSSR count). The lowest BCUT2D eigenvalue weighted by Crippen LogP contribution is -2.05. The van der Waals surface area contributed by atoms with Crippen LogP contribution in [-0.2, 0) is 4.74 Å². The lowest BCUT2D eigenvalue weighted by Gasteiger charge is -2.02. The number of carbonyl (C=O) groups excluding carboxylic acids is 1. The molecule has 0 saturated carbocycles. The van der Waals surface area contributed by atoms with Crippen molar-refractivity contribution in [2.24, 2.45) is 0 Å². The monoisotopic (exact) mass is 239 g/mol. The molecule has 0 fully saturated rings. The number of fused-ring (bicyclic) bond motifs is 3. The van der Waals surface area contributed by atoms with Crippen molar-refractivity contribution in [3.8, 4) is 0 Å². The number of esters is 1. The molecule has 0 atom stereocenters. The first-order chi connectivity index (χ1) is 8.81. The number of aromatic amines is 1. The van der Waals surface area contributed by atoms with Gasteiger partial charge in [-0.05, 0) is 19.1 Å². The van der Waals surface area contributed by atoms with Gasteiger partial charge in [-0.1, -0.05) is 30.3 Å². The predicted octanol–water partition coefficient (Wildman–Crippen LogP) is 3.50. The fraction of sp³-hybridized carbons (Fsp3) is 0.133. The van der Waals surface area contributed by atoms with Crippen LogP contribution in [0.2, 0.25) is 0 Å². The number of nitrogens with one attached hydrogen (secondary N) is 1. The number of para-hydroxylation sites is 2. The van der Waals surface area contributed by atoms with Gasteiger partial charge in [0.1, 0.15) is 0 Å². The first-order valence-corrected chi connectivity index (χ1v) is 5.98. The highest BCUT2D eigenvalue weighted by atomic mass is 16.5. The summed E-state index contributed by atoms with van der Waals surface area (Å²) in [5, 5.41) is 2.18. The minimum Gasteiger partial charge on any atom is -0.462 e. The fourth-order valence-corrected chi connectivity index (χ4v) is 2.25. The summed E-state index contributed by atoms with van der Waals surface area (Å²) in [7, 11) is 0. The van der Waals surface area contributed by atoms with Crippen LogP contribution in [0.4, 0.5) is 0 Å². The highest BCUT2D eigenvalue weighted by Gasteiger charge is 2.13. The maximum Gasteiger partial charge on any atom is 0.340 e. The molecular formula is C15H13NO2. The SMILES string of the molecule is CCOC(=O)c1cccc2c1[nH]c1ccccc12. The Kier molecular flexibility index (Phi) is 2.52. The third kappa shape index (κ3) is 1.56. The maximum atomic E-state index is 11.9. The van der Waals surface area contributed by atoms with Gasteiger partial charge in [-0.25, -0.2) is 4.79 Å². The van der Waals surface area contributed by atoms with Crippen LogP contribution in [0.3, 0.4) is 0 Å². The Morgan fingerprint density at radius 3 is 2.72 bits per heavy atom. The zero-order chi connectivity index (χ0) is 12.5. The second-order valence-corrected chi connectivity index (χ2v) is 4.12. The first-order valence-electron chi connectivity index (χ1n) is 5.98. The molecule has 0 radical (unpaired) electrons. The molecule has 0 aliphatic rings. The Hall–Kier alpha value is -2.29. The lowest BCUT2D eigenvalue weighted by molar-refractivity contribution is 0.0528. The van der Waals surface area contributed by atoms with Crippen LogP contribution < -0.4 is 0 Å². The van der Waals surface area contributed by atoms with Gasteiger partial charge >= 0.3 is 5.97 Å². The zero-order valence-corrected chi connectivity index (χ0v) is 10.1. The quantitative estimate of drug-likeness (QED) is 0.695. The van der Waals surface area contributed by atoms with E-state index in [4.69, 9.17) is 4.74 Å². The topological polar surface area (TPSA) is 42.1 Å². The van der Waals surface area contributed by atoms with Gasteiger partial charge in [-0.15, -0.1) is 0 Å². The van der Waals surface area contributed by atoms with Crippen molar-refractivity contribution in [1.29, 1.82) is 0 Å². The molecule has 0 bridgehead atoms. The number of hydrogen-bond acceptors (Lipinski definition) is 2. The van der Waals surface area contributed by atoms with Crippen molar-refractivity contribution in [1.82, 2.24) is 4.98 Å². The highest BCUT2D eigenvalue weighted by molar-refractivity contribution is 6.13. The van der Waals surface area contributed by atoms with Gasteiger partial charge in [-0.2, -0.15) is 0 Å². The number of rotatable bonds is 2. The molecule has 3 heteroatoms. The van der Waals surface area contributed by atoms with E-state index in [1.54, 1.807) is 6.07 Å². The van der Waals surface area contributed by atoms with E-state index in [0.29, 0.717) is 12.2 Å². The molecule has 0 aliphatic carbocycles. The fourth-order valence-electron chi connectivity index (χ4n) is 2.25. The van der Waals surface area contributed by atoms with E-state index in [2.05, 4.69) is 4.98 Å². The number of ether oxygens (including phenoxy) is 1. The van der Waals surface area contributed by atoms with E-state index in [9.17, 15) is 4.79 Å². The number of H-pyrrole nitrogens is 1.